The van der Waals surface area contributed by atoms with Crippen molar-refractivity contribution in [2.24, 2.45) is 5.92 Å². The number of benzene rings is 3. The van der Waals surface area contributed by atoms with Crippen LogP contribution in [0.4, 0.5) is 22.0 Å². The van der Waals surface area contributed by atoms with Gasteiger partial charge in [-0.05, 0) is 97.0 Å². The molecule has 0 spiro atoms. The lowest BCUT2D eigenvalue weighted by atomic mass is 9.77. The molecule has 0 aliphatic heterocycles. The van der Waals surface area contributed by atoms with E-state index in [1.165, 1.54) is 49.6 Å². The van der Waals surface area contributed by atoms with Gasteiger partial charge in [0.15, 0.2) is 35.5 Å². The fourth-order valence-electron chi connectivity index (χ4n) is 5.51. The Morgan fingerprint density at radius 1 is 0.750 bits per heavy atom. The van der Waals surface area contributed by atoms with Crippen molar-refractivity contribution in [3.63, 3.8) is 0 Å². The van der Waals surface area contributed by atoms with Gasteiger partial charge in [0.1, 0.15) is 12.4 Å². The molecule has 40 heavy (non-hydrogen) atoms. The summed E-state index contributed by atoms with van der Waals surface area (Å²) in [5, 5.41) is 0. The van der Waals surface area contributed by atoms with Crippen molar-refractivity contribution in [1.82, 2.24) is 0 Å². The quantitative estimate of drug-likeness (QED) is 0.205. The Balaban J connectivity index is 1.35. The lowest BCUT2D eigenvalue weighted by Gasteiger charge is -2.29. The molecule has 1 fully saturated rings. The van der Waals surface area contributed by atoms with E-state index < -0.39 is 30.6 Å². The molecule has 4 rings (SSSR count). The minimum atomic E-state index is -2.17. The first kappa shape index (κ1) is 29.9. The summed E-state index contributed by atoms with van der Waals surface area (Å²) in [5.74, 6) is -1.24. The predicted molar refractivity (Wildman–Crippen MR) is 148 cm³/mol. The Kier molecular flexibility index (Phi) is 10.5. The van der Waals surface area contributed by atoms with E-state index in [1.807, 2.05) is 0 Å². The van der Waals surface area contributed by atoms with Crippen molar-refractivity contribution in [1.29, 1.82) is 0 Å². The molecule has 1 saturated carbocycles. The molecule has 2 atom stereocenters. The van der Waals surface area contributed by atoms with E-state index in [-0.39, 0.29) is 35.4 Å². The Morgan fingerprint density at radius 2 is 1.38 bits per heavy atom. The van der Waals surface area contributed by atoms with Gasteiger partial charge in [0.25, 0.3) is 0 Å². The molecule has 216 valence electrons. The number of ether oxygens (including phenoxy) is 2. The van der Waals surface area contributed by atoms with Gasteiger partial charge in [-0.15, -0.1) is 0 Å². The van der Waals surface area contributed by atoms with Crippen LogP contribution in [0.2, 0.25) is 0 Å². The molecule has 0 saturated heterocycles. The molecule has 0 heterocycles. The Bertz CT molecular complexity index is 1260. The lowest BCUT2D eigenvalue weighted by Crippen LogP contribution is -2.19. The van der Waals surface area contributed by atoms with Gasteiger partial charge in [0.05, 0.1) is 6.61 Å². The van der Waals surface area contributed by atoms with Gasteiger partial charge in [0.2, 0.25) is 0 Å². The average Bonchev–Trinajstić information content (AvgIpc) is 2.96. The lowest BCUT2D eigenvalue weighted by molar-refractivity contribution is 0.107. The van der Waals surface area contributed by atoms with Crippen LogP contribution in [0, 0.1) is 23.4 Å². The van der Waals surface area contributed by atoms with Crippen molar-refractivity contribution >= 4 is 0 Å². The fourth-order valence-corrected chi connectivity index (χ4v) is 5.51. The van der Waals surface area contributed by atoms with E-state index in [4.69, 9.17) is 9.47 Å². The number of rotatable bonds is 12. The zero-order valence-corrected chi connectivity index (χ0v) is 23.1. The summed E-state index contributed by atoms with van der Waals surface area (Å²) < 4.78 is 83.3. The summed E-state index contributed by atoms with van der Waals surface area (Å²) in [6, 6.07) is 12.4. The maximum Gasteiger partial charge on any atom is 0.169 e. The van der Waals surface area contributed by atoms with Gasteiger partial charge in [0, 0.05) is 0 Å². The van der Waals surface area contributed by atoms with Crippen LogP contribution < -0.4 is 9.47 Å². The third kappa shape index (κ3) is 7.35. The van der Waals surface area contributed by atoms with Gasteiger partial charge in [-0.2, -0.15) is 0 Å². The maximum atomic E-state index is 15.1. The molecule has 1 aliphatic rings. The number of hydrogen-bond donors (Lipinski definition) is 0. The molecule has 0 bridgehead atoms. The van der Waals surface area contributed by atoms with Crippen LogP contribution in [0.1, 0.15) is 82.0 Å². The summed E-state index contributed by atoms with van der Waals surface area (Å²) in [5.41, 5.74) is 1.47. The van der Waals surface area contributed by atoms with Crippen molar-refractivity contribution < 1.29 is 31.4 Å². The van der Waals surface area contributed by atoms with E-state index >= 15 is 4.39 Å². The average molecular weight is 561 g/mol. The zero-order valence-electron chi connectivity index (χ0n) is 23.1. The molecular weight excluding hydrogens is 523 g/mol. The SMILES string of the molecule is CCCCC1CCC(c2ccc(-c3ccc(OCC(F)C(F)c4ccc(OCC)c(F)c4)c(F)c3)cc2F)CC1. The third-order valence-electron chi connectivity index (χ3n) is 7.81. The van der Waals surface area contributed by atoms with Crippen LogP contribution >= 0.6 is 0 Å². The van der Waals surface area contributed by atoms with Crippen LogP contribution in [0.25, 0.3) is 11.1 Å². The molecule has 0 aromatic heterocycles. The molecule has 7 heteroatoms. The summed E-state index contributed by atoms with van der Waals surface area (Å²) in [6.45, 7) is 3.35. The second-order valence-corrected chi connectivity index (χ2v) is 10.6. The smallest absolute Gasteiger partial charge is 0.169 e. The predicted octanol–water partition coefficient (Wildman–Crippen LogP) is 10.1. The van der Waals surface area contributed by atoms with E-state index in [0.717, 1.165) is 37.7 Å². The molecule has 0 N–H and O–H groups in total. The van der Waals surface area contributed by atoms with Crippen molar-refractivity contribution in [3.05, 3.63) is 83.2 Å². The van der Waals surface area contributed by atoms with Crippen LogP contribution in [0.3, 0.4) is 0 Å². The maximum absolute atomic E-state index is 15.1. The molecule has 0 radical (unpaired) electrons. The topological polar surface area (TPSA) is 18.5 Å². The van der Waals surface area contributed by atoms with Gasteiger partial charge in [-0.3, -0.25) is 0 Å². The molecule has 3 aromatic carbocycles. The van der Waals surface area contributed by atoms with Crippen molar-refractivity contribution in [3.8, 4) is 22.6 Å². The molecule has 3 aromatic rings. The van der Waals surface area contributed by atoms with E-state index in [9.17, 15) is 17.6 Å². The van der Waals surface area contributed by atoms with E-state index in [1.54, 1.807) is 25.1 Å². The second kappa shape index (κ2) is 14.0. The third-order valence-corrected chi connectivity index (χ3v) is 7.81. The standard InChI is InChI=1S/C33H37F5O2/c1-3-5-6-21-7-9-22(10-8-21)26-14-11-23(17-27(26)34)24-12-15-32(28(35)18-24)40-20-30(37)33(38)25-13-16-31(39-4-2)29(36)19-25/h11-19,21-22,30,33H,3-10,20H2,1-2H3. The van der Waals surface area contributed by atoms with Gasteiger partial charge in [-0.1, -0.05) is 50.5 Å². The number of alkyl halides is 2. The summed E-state index contributed by atoms with van der Waals surface area (Å²) >= 11 is 0. The molecule has 0 amide bonds. The number of unbranched alkanes of at least 4 members (excludes halogenated alkanes) is 1. The molecule has 1 aliphatic carbocycles. The highest BCUT2D eigenvalue weighted by molar-refractivity contribution is 5.65. The van der Waals surface area contributed by atoms with Gasteiger partial charge >= 0.3 is 0 Å². The van der Waals surface area contributed by atoms with Crippen LogP contribution in [0.5, 0.6) is 11.5 Å². The van der Waals surface area contributed by atoms with Crippen LogP contribution in [-0.2, 0) is 0 Å². The number of halogens is 5. The summed E-state index contributed by atoms with van der Waals surface area (Å²) in [6.07, 6.45) is 3.58. The number of hydrogen-bond acceptors (Lipinski definition) is 2. The highest BCUT2D eigenvalue weighted by Crippen LogP contribution is 2.39. The monoisotopic (exact) mass is 560 g/mol. The van der Waals surface area contributed by atoms with Crippen molar-refractivity contribution in [2.45, 2.75) is 77.1 Å². The minimum absolute atomic E-state index is 0.0493. The van der Waals surface area contributed by atoms with E-state index in [2.05, 4.69) is 6.92 Å². The van der Waals surface area contributed by atoms with Gasteiger partial charge in [-0.25, -0.2) is 22.0 Å². The van der Waals surface area contributed by atoms with Crippen LogP contribution in [-0.4, -0.2) is 19.4 Å². The molecule has 2 unspecified atom stereocenters. The Hall–Kier alpha value is -3.09. The molecular formula is C33H37F5O2. The first-order valence-electron chi connectivity index (χ1n) is 14.2. The second-order valence-electron chi connectivity index (χ2n) is 10.6. The summed E-state index contributed by atoms with van der Waals surface area (Å²) in [7, 11) is 0. The Labute approximate surface area is 233 Å². The minimum Gasteiger partial charge on any atom is -0.491 e. The highest BCUT2D eigenvalue weighted by atomic mass is 19.2. The van der Waals surface area contributed by atoms with Crippen molar-refractivity contribution in [2.75, 3.05) is 13.2 Å². The van der Waals surface area contributed by atoms with E-state index in [0.29, 0.717) is 16.7 Å². The fraction of sp³-hybridized carbons (Fsp3) is 0.455. The zero-order chi connectivity index (χ0) is 28.6. The highest BCUT2D eigenvalue weighted by Gasteiger charge is 2.26. The first-order valence-corrected chi connectivity index (χ1v) is 14.2. The van der Waals surface area contributed by atoms with Gasteiger partial charge < -0.3 is 9.47 Å². The molecule has 2 nitrogen and oxygen atoms in total. The largest absolute Gasteiger partial charge is 0.491 e. The summed E-state index contributed by atoms with van der Waals surface area (Å²) in [4.78, 5) is 0. The first-order chi connectivity index (χ1) is 19.3. The van der Waals surface area contributed by atoms with Crippen LogP contribution in [0.15, 0.2) is 54.6 Å². The normalized spacial score (nSPS) is 18.8. The Morgan fingerprint density at radius 3 is 2.00 bits per heavy atom.